The normalized spacial score (nSPS) is 10.8. The van der Waals surface area contributed by atoms with Crippen LogP contribution in [0, 0.1) is 12.7 Å². The Morgan fingerprint density at radius 3 is 2.65 bits per heavy atom. The number of benzene rings is 2. The summed E-state index contributed by atoms with van der Waals surface area (Å²) in [7, 11) is 0. The zero-order valence-electron chi connectivity index (χ0n) is 14.0. The molecule has 130 valence electrons. The second-order valence-electron chi connectivity index (χ2n) is 5.66. The first-order valence-corrected chi connectivity index (χ1v) is 8.34. The van der Waals surface area contributed by atoms with Gasteiger partial charge in [0.15, 0.2) is 5.11 Å². The number of fused-ring (bicyclic) bond motifs is 1. The average Bonchev–Trinajstić information content (AvgIpc) is 2.61. The number of aryl methyl sites for hydroxylation is 1. The van der Waals surface area contributed by atoms with Gasteiger partial charge in [0.2, 0.25) is 5.91 Å². The number of carbonyl (C=O) groups excluding carboxylic acids is 1. The van der Waals surface area contributed by atoms with Crippen LogP contribution in [-0.4, -0.2) is 16.0 Å². The lowest BCUT2D eigenvalue weighted by atomic mass is 10.2. The van der Waals surface area contributed by atoms with Gasteiger partial charge in [-0.05, 0) is 55.0 Å². The fourth-order valence-corrected chi connectivity index (χ4v) is 2.61. The average molecular weight is 365 g/mol. The number of aromatic nitrogens is 1. The Kier molecular flexibility index (Phi) is 5.34. The Morgan fingerprint density at radius 2 is 1.88 bits per heavy atom. The van der Waals surface area contributed by atoms with Crippen LogP contribution in [0.4, 0.5) is 10.1 Å². The van der Waals surface area contributed by atoms with Crippen LogP contribution in [0.15, 0.2) is 60.7 Å². The van der Waals surface area contributed by atoms with Crippen LogP contribution in [0.1, 0.15) is 11.3 Å². The predicted molar refractivity (Wildman–Crippen MR) is 106 cm³/mol. The first-order chi connectivity index (χ1) is 12.5. The van der Waals surface area contributed by atoms with E-state index < -0.39 is 0 Å². The highest BCUT2D eigenvalue weighted by molar-refractivity contribution is 7.80. The fourth-order valence-electron chi connectivity index (χ4n) is 2.40. The summed E-state index contributed by atoms with van der Waals surface area (Å²) >= 11 is 5.20. The number of thiocarbonyl (C=S) groups is 1. The Bertz CT molecular complexity index is 1000. The molecule has 0 spiro atoms. The molecular weight excluding hydrogens is 349 g/mol. The van der Waals surface area contributed by atoms with Gasteiger partial charge in [-0.15, -0.1) is 0 Å². The Labute approximate surface area is 155 Å². The molecule has 1 amide bonds. The van der Waals surface area contributed by atoms with Gasteiger partial charge in [-0.1, -0.05) is 30.3 Å². The van der Waals surface area contributed by atoms with Crippen molar-refractivity contribution in [3.05, 3.63) is 77.7 Å². The lowest BCUT2D eigenvalue weighted by Crippen LogP contribution is -2.32. The molecule has 2 N–H and O–H groups in total. The van der Waals surface area contributed by atoms with E-state index in [0.29, 0.717) is 5.56 Å². The third-order valence-electron chi connectivity index (χ3n) is 3.64. The molecule has 3 rings (SSSR count). The van der Waals surface area contributed by atoms with Crippen LogP contribution in [0.3, 0.4) is 0 Å². The van der Waals surface area contributed by atoms with Crippen molar-refractivity contribution in [1.82, 2.24) is 10.3 Å². The van der Waals surface area contributed by atoms with Gasteiger partial charge in [-0.3, -0.25) is 15.1 Å². The minimum atomic E-state index is -0.379. The van der Waals surface area contributed by atoms with Gasteiger partial charge in [-0.2, -0.15) is 0 Å². The standard InChI is InChI=1S/C20H16FN3OS/c1-13-5-9-15-3-2-4-17(19(15)22-13)23-20(26)24-18(25)12-8-14-6-10-16(21)11-7-14/h2-12H,1H3,(H2,23,24,25,26)/b12-8+. The van der Waals surface area contributed by atoms with Crippen LogP contribution < -0.4 is 10.6 Å². The highest BCUT2D eigenvalue weighted by Gasteiger charge is 2.06. The zero-order chi connectivity index (χ0) is 18.5. The van der Waals surface area contributed by atoms with Crippen molar-refractivity contribution in [2.24, 2.45) is 0 Å². The molecule has 1 heterocycles. The molecule has 6 heteroatoms. The molecule has 0 saturated carbocycles. The summed E-state index contributed by atoms with van der Waals surface area (Å²) in [6.45, 7) is 1.91. The van der Waals surface area contributed by atoms with E-state index in [1.807, 2.05) is 37.3 Å². The van der Waals surface area contributed by atoms with Crippen LogP contribution in [-0.2, 0) is 4.79 Å². The number of para-hydroxylation sites is 1. The third-order valence-corrected chi connectivity index (χ3v) is 3.85. The molecule has 3 aromatic rings. The maximum absolute atomic E-state index is 12.9. The van der Waals surface area contributed by atoms with Gasteiger partial charge >= 0.3 is 0 Å². The van der Waals surface area contributed by atoms with Crippen LogP contribution in [0.5, 0.6) is 0 Å². The number of nitrogens with one attached hydrogen (secondary N) is 2. The SMILES string of the molecule is Cc1ccc2cccc(NC(=S)NC(=O)/C=C/c3ccc(F)cc3)c2n1. The van der Waals surface area contributed by atoms with Gasteiger partial charge in [-0.25, -0.2) is 4.39 Å². The minimum Gasteiger partial charge on any atom is -0.331 e. The van der Waals surface area contributed by atoms with Crippen molar-refractivity contribution >= 4 is 45.9 Å². The van der Waals surface area contributed by atoms with E-state index in [-0.39, 0.29) is 16.8 Å². The molecule has 1 aromatic heterocycles. The number of rotatable bonds is 3. The number of hydrogen-bond donors (Lipinski definition) is 2. The van der Waals surface area contributed by atoms with Gasteiger partial charge in [0, 0.05) is 17.2 Å². The summed E-state index contributed by atoms with van der Waals surface area (Å²) in [6.07, 6.45) is 2.92. The Morgan fingerprint density at radius 1 is 1.12 bits per heavy atom. The van der Waals surface area contributed by atoms with Gasteiger partial charge in [0.1, 0.15) is 5.82 Å². The maximum atomic E-state index is 12.9. The van der Waals surface area contributed by atoms with E-state index in [4.69, 9.17) is 12.2 Å². The molecular formula is C20H16FN3OS. The molecule has 4 nitrogen and oxygen atoms in total. The van der Waals surface area contributed by atoms with E-state index in [0.717, 1.165) is 22.3 Å². The molecule has 0 fully saturated rings. The molecule has 0 bridgehead atoms. The monoisotopic (exact) mass is 365 g/mol. The minimum absolute atomic E-state index is 0.176. The second kappa shape index (κ2) is 7.84. The topological polar surface area (TPSA) is 54.0 Å². The molecule has 0 aliphatic carbocycles. The zero-order valence-corrected chi connectivity index (χ0v) is 14.8. The number of carbonyl (C=O) groups is 1. The summed E-state index contributed by atoms with van der Waals surface area (Å²) < 4.78 is 12.9. The molecule has 2 aromatic carbocycles. The van der Waals surface area contributed by atoms with Crippen molar-refractivity contribution in [1.29, 1.82) is 0 Å². The third kappa shape index (κ3) is 4.49. The van der Waals surface area contributed by atoms with Gasteiger partial charge in [0.25, 0.3) is 0 Å². The van der Waals surface area contributed by atoms with Crippen LogP contribution >= 0.6 is 12.2 Å². The molecule has 0 atom stereocenters. The summed E-state index contributed by atoms with van der Waals surface area (Å²) in [5.41, 5.74) is 3.11. The van der Waals surface area contributed by atoms with E-state index >= 15 is 0 Å². The second-order valence-corrected chi connectivity index (χ2v) is 6.07. The molecule has 0 saturated heterocycles. The number of halogens is 1. The van der Waals surface area contributed by atoms with Gasteiger partial charge in [0.05, 0.1) is 11.2 Å². The predicted octanol–water partition coefficient (Wildman–Crippen LogP) is 4.21. The van der Waals surface area contributed by atoms with E-state index in [1.165, 1.54) is 18.2 Å². The summed E-state index contributed by atoms with van der Waals surface area (Å²) in [4.78, 5) is 16.5. The highest BCUT2D eigenvalue weighted by atomic mass is 32.1. The first-order valence-electron chi connectivity index (χ1n) is 7.93. The fraction of sp³-hybridized carbons (Fsp3) is 0.0500. The lowest BCUT2D eigenvalue weighted by molar-refractivity contribution is -0.115. The van der Waals surface area contributed by atoms with E-state index in [1.54, 1.807) is 18.2 Å². The number of anilines is 1. The van der Waals surface area contributed by atoms with Crippen LogP contribution in [0.25, 0.3) is 17.0 Å². The lowest BCUT2D eigenvalue weighted by Gasteiger charge is -2.10. The molecule has 26 heavy (non-hydrogen) atoms. The van der Waals surface area contributed by atoms with Crippen molar-refractivity contribution < 1.29 is 9.18 Å². The van der Waals surface area contributed by atoms with Gasteiger partial charge < -0.3 is 5.32 Å². The maximum Gasteiger partial charge on any atom is 0.250 e. The van der Waals surface area contributed by atoms with Crippen molar-refractivity contribution in [3.8, 4) is 0 Å². The quantitative estimate of drug-likeness (QED) is 0.539. The van der Waals surface area contributed by atoms with E-state index in [9.17, 15) is 9.18 Å². The number of nitrogens with zero attached hydrogens (tertiary/aromatic N) is 1. The number of amides is 1. The Balaban J connectivity index is 1.66. The highest BCUT2D eigenvalue weighted by Crippen LogP contribution is 2.21. The molecule has 0 aliphatic heterocycles. The number of pyridine rings is 1. The molecule has 0 aliphatic rings. The van der Waals surface area contributed by atoms with Crippen molar-refractivity contribution in [2.75, 3.05) is 5.32 Å². The summed E-state index contributed by atoms with van der Waals surface area (Å²) in [6, 6.07) is 15.4. The smallest absolute Gasteiger partial charge is 0.250 e. The Hall–Kier alpha value is -3.12. The van der Waals surface area contributed by atoms with Crippen molar-refractivity contribution in [2.45, 2.75) is 6.92 Å². The summed E-state index contributed by atoms with van der Waals surface area (Å²) in [5.74, 6) is -0.702. The molecule has 0 radical (unpaired) electrons. The number of hydrogen-bond acceptors (Lipinski definition) is 3. The largest absolute Gasteiger partial charge is 0.331 e. The first kappa shape index (κ1) is 17.7. The van der Waals surface area contributed by atoms with E-state index in [2.05, 4.69) is 15.6 Å². The molecule has 0 unspecified atom stereocenters. The summed E-state index contributed by atoms with van der Waals surface area (Å²) in [5, 5.41) is 6.74. The van der Waals surface area contributed by atoms with Crippen molar-refractivity contribution in [3.63, 3.8) is 0 Å². The van der Waals surface area contributed by atoms with Crippen LogP contribution in [0.2, 0.25) is 0 Å².